The lowest BCUT2D eigenvalue weighted by Gasteiger charge is -2.10. The van der Waals surface area contributed by atoms with Gasteiger partial charge in [0.15, 0.2) is 5.92 Å². The van der Waals surface area contributed by atoms with Gasteiger partial charge in [0.05, 0.1) is 11.8 Å². The van der Waals surface area contributed by atoms with E-state index >= 15 is 0 Å². The Balaban J connectivity index is 2.16. The van der Waals surface area contributed by atoms with Gasteiger partial charge in [-0.15, -0.1) is 0 Å². The largest absolute Gasteiger partial charge is 0.508 e. The maximum absolute atomic E-state index is 12.2. The number of ketones is 1. The first-order chi connectivity index (χ1) is 10.0. The molecule has 1 atom stereocenters. The molecule has 0 bridgehead atoms. The molecule has 21 heavy (non-hydrogen) atoms. The fourth-order valence-corrected chi connectivity index (χ4v) is 1.86. The number of benzene rings is 1. The summed E-state index contributed by atoms with van der Waals surface area (Å²) in [6.45, 7) is 0. The Morgan fingerprint density at radius 3 is 2.48 bits per heavy atom. The highest BCUT2D eigenvalue weighted by atomic mass is 16.3. The molecule has 0 aliphatic carbocycles. The minimum atomic E-state index is -1.42. The molecule has 1 heterocycles. The average Bonchev–Trinajstić information content (AvgIpc) is 2.88. The topological polar surface area (TPSA) is 95.1 Å². The van der Waals surface area contributed by atoms with Crippen molar-refractivity contribution in [2.45, 2.75) is 0 Å². The Bertz CT molecular complexity index is 711. The van der Waals surface area contributed by atoms with Crippen LogP contribution in [0.1, 0.15) is 10.5 Å². The molecule has 2 N–H and O–H groups in total. The summed E-state index contributed by atoms with van der Waals surface area (Å²) in [5.41, 5.74) is 0.695. The standard InChI is InChI=1S/C15H13N3O3/c1-18-8-2-3-13(18)14(20)12(9-16)15(21)17-10-4-6-11(19)7-5-10/h2-8,12,19H,1H3,(H,17,21). The van der Waals surface area contributed by atoms with Crippen molar-refractivity contribution in [2.75, 3.05) is 5.32 Å². The van der Waals surface area contributed by atoms with Crippen LogP contribution in [-0.2, 0) is 11.8 Å². The minimum absolute atomic E-state index is 0.0599. The first-order valence-corrected chi connectivity index (χ1v) is 6.18. The van der Waals surface area contributed by atoms with E-state index in [1.807, 2.05) is 0 Å². The number of nitriles is 1. The average molecular weight is 283 g/mol. The first-order valence-electron chi connectivity index (χ1n) is 6.18. The molecule has 0 fully saturated rings. The number of hydrogen-bond acceptors (Lipinski definition) is 4. The van der Waals surface area contributed by atoms with Gasteiger partial charge in [0.2, 0.25) is 11.7 Å². The quantitative estimate of drug-likeness (QED) is 0.507. The van der Waals surface area contributed by atoms with E-state index in [9.17, 15) is 9.59 Å². The zero-order chi connectivity index (χ0) is 15.4. The monoisotopic (exact) mass is 283 g/mol. The lowest BCUT2D eigenvalue weighted by molar-refractivity contribution is -0.117. The van der Waals surface area contributed by atoms with Crippen molar-refractivity contribution in [1.82, 2.24) is 4.57 Å². The predicted molar refractivity (Wildman–Crippen MR) is 75.6 cm³/mol. The molecule has 1 aromatic heterocycles. The van der Waals surface area contributed by atoms with E-state index in [0.717, 1.165) is 0 Å². The summed E-state index contributed by atoms with van der Waals surface area (Å²) in [5.74, 6) is -2.62. The molecule has 0 radical (unpaired) electrons. The first kappa shape index (κ1) is 14.3. The number of aromatic nitrogens is 1. The van der Waals surface area contributed by atoms with Crippen molar-refractivity contribution in [3.8, 4) is 11.8 Å². The number of nitrogens with zero attached hydrogens (tertiary/aromatic N) is 2. The molecule has 0 spiro atoms. The number of carbonyl (C=O) groups is 2. The highest BCUT2D eigenvalue weighted by Crippen LogP contribution is 2.16. The van der Waals surface area contributed by atoms with Crippen LogP contribution in [0.2, 0.25) is 0 Å². The second-order valence-electron chi connectivity index (χ2n) is 4.47. The molecule has 2 rings (SSSR count). The maximum Gasteiger partial charge on any atom is 0.249 e. The van der Waals surface area contributed by atoms with E-state index < -0.39 is 17.6 Å². The lowest BCUT2D eigenvalue weighted by Crippen LogP contribution is -2.29. The van der Waals surface area contributed by atoms with E-state index in [4.69, 9.17) is 10.4 Å². The van der Waals surface area contributed by atoms with E-state index in [0.29, 0.717) is 11.4 Å². The number of rotatable bonds is 4. The molecule has 0 aliphatic rings. The number of phenols is 1. The zero-order valence-electron chi connectivity index (χ0n) is 11.3. The van der Waals surface area contributed by atoms with E-state index in [1.54, 1.807) is 36.0 Å². The van der Waals surface area contributed by atoms with Gasteiger partial charge in [0, 0.05) is 18.9 Å². The van der Waals surface area contributed by atoms with Crippen molar-refractivity contribution in [3.63, 3.8) is 0 Å². The van der Waals surface area contributed by atoms with Gasteiger partial charge < -0.3 is 15.0 Å². The van der Waals surface area contributed by atoms with E-state index in [2.05, 4.69) is 5.32 Å². The smallest absolute Gasteiger partial charge is 0.249 e. The van der Waals surface area contributed by atoms with Gasteiger partial charge in [-0.05, 0) is 36.4 Å². The third kappa shape index (κ3) is 3.09. The Morgan fingerprint density at radius 2 is 1.95 bits per heavy atom. The van der Waals surface area contributed by atoms with E-state index in [-0.39, 0.29) is 5.75 Å². The van der Waals surface area contributed by atoms with Crippen molar-refractivity contribution >= 4 is 17.4 Å². The summed E-state index contributed by atoms with van der Waals surface area (Å²) in [5, 5.41) is 20.7. The number of phenolic OH excluding ortho intramolecular Hbond substituents is 1. The molecule has 106 valence electrons. The van der Waals surface area contributed by atoms with E-state index in [1.165, 1.54) is 24.3 Å². The fraction of sp³-hybridized carbons (Fsp3) is 0.133. The number of amides is 1. The normalized spacial score (nSPS) is 11.4. The number of carbonyl (C=O) groups excluding carboxylic acids is 2. The molecular formula is C15H13N3O3. The molecule has 1 amide bonds. The van der Waals surface area contributed by atoms with Gasteiger partial charge in [-0.25, -0.2) is 0 Å². The number of aromatic hydroxyl groups is 1. The van der Waals surface area contributed by atoms with Gasteiger partial charge in [-0.1, -0.05) is 0 Å². The second kappa shape index (κ2) is 5.92. The third-order valence-corrected chi connectivity index (χ3v) is 2.98. The lowest BCUT2D eigenvalue weighted by atomic mass is 10.0. The number of nitrogens with one attached hydrogen (secondary N) is 1. The fourth-order valence-electron chi connectivity index (χ4n) is 1.86. The van der Waals surface area contributed by atoms with Crippen LogP contribution in [-0.4, -0.2) is 21.4 Å². The molecule has 1 aromatic carbocycles. The Kier molecular flexibility index (Phi) is 4.05. The molecule has 0 aliphatic heterocycles. The molecular weight excluding hydrogens is 270 g/mol. The van der Waals surface area contributed by atoms with Crippen LogP contribution in [0.3, 0.4) is 0 Å². The Hall–Kier alpha value is -3.07. The van der Waals surface area contributed by atoms with Crippen LogP contribution in [0.4, 0.5) is 5.69 Å². The number of Topliss-reactive ketones (excluding diaryl/α,β-unsaturated/α-hetero) is 1. The SMILES string of the molecule is Cn1cccc1C(=O)C(C#N)C(=O)Nc1ccc(O)cc1. The highest BCUT2D eigenvalue weighted by molar-refractivity contribution is 6.15. The summed E-state index contributed by atoms with van der Waals surface area (Å²) < 4.78 is 1.56. The van der Waals surface area contributed by atoms with Crippen LogP contribution in [0.15, 0.2) is 42.6 Å². The number of anilines is 1. The summed E-state index contributed by atoms with van der Waals surface area (Å²) in [6.07, 6.45) is 1.67. The molecule has 1 unspecified atom stereocenters. The number of hydrogen-bond donors (Lipinski definition) is 2. The Morgan fingerprint density at radius 1 is 1.29 bits per heavy atom. The van der Waals surface area contributed by atoms with Crippen LogP contribution in [0.25, 0.3) is 0 Å². The van der Waals surface area contributed by atoms with Crippen LogP contribution >= 0.6 is 0 Å². The highest BCUT2D eigenvalue weighted by Gasteiger charge is 2.29. The zero-order valence-corrected chi connectivity index (χ0v) is 11.3. The molecule has 6 nitrogen and oxygen atoms in total. The molecule has 6 heteroatoms. The number of aryl methyl sites for hydroxylation is 1. The molecule has 2 aromatic rings. The third-order valence-electron chi connectivity index (χ3n) is 2.98. The van der Waals surface area contributed by atoms with Crippen LogP contribution in [0, 0.1) is 17.2 Å². The van der Waals surface area contributed by atoms with Crippen LogP contribution in [0.5, 0.6) is 5.75 Å². The van der Waals surface area contributed by atoms with Crippen molar-refractivity contribution in [3.05, 3.63) is 48.3 Å². The van der Waals surface area contributed by atoms with Gasteiger partial charge in [0.1, 0.15) is 5.75 Å². The van der Waals surface area contributed by atoms with Gasteiger partial charge >= 0.3 is 0 Å². The van der Waals surface area contributed by atoms with Gasteiger partial charge in [-0.3, -0.25) is 9.59 Å². The maximum atomic E-state index is 12.2. The van der Waals surface area contributed by atoms with Gasteiger partial charge in [-0.2, -0.15) is 5.26 Å². The summed E-state index contributed by atoms with van der Waals surface area (Å²) in [4.78, 5) is 24.2. The van der Waals surface area contributed by atoms with Crippen molar-refractivity contribution in [2.24, 2.45) is 13.0 Å². The summed E-state index contributed by atoms with van der Waals surface area (Å²) in [6, 6.07) is 10.7. The summed E-state index contributed by atoms with van der Waals surface area (Å²) >= 11 is 0. The minimum Gasteiger partial charge on any atom is -0.508 e. The van der Waals surface area contributed by atoms with Crippen molar-refractivity contribution < 1.29 is 14.7 Å². The van der Waals surface area contributed by atoms with Gasteiger partial charge in [0.25, 0.3) is 0 Å². The molecule has 0 saturated heterocycles. The summed E-state index contributed by atoms with van der Waals surface area (Å²) in [7, 11) is 1.67. The second-order valence-corrected chi connectivity index (χ2v) is 4.47. The predicted octanol–water partition coefficient (Wildman–Crippen LogP) is 1.69. The van der Waals surface area contributed by atoms with Crippen molar-refractivity contribution in [1.29, 1.82) is 5.26 Å². The van der Waals surface area contributed by atoms with Crippen LogP contribution < -0.4 is 5.32 Å². The Labute approximate surface area is 121 Å². The molecule has 0 saturated carbocycles.